The van der Waals surface area contributed by atoms with Gasteiger partial charge in [-0.25, -0.2) is 4.79 Å². The van der Waals surface area contributed by atoms with Crippen LogP contribution in [0.15, 0.2) is 72.8 Å². The molecule has 4 rings (SSSR count). The van der Waals surface area contributed by atoms with Crippen LogP contribution in [0.2, 0.25) is 0 Å². The van der Waals surface area contributed by atoms with E-state index in [1.54, 1.807) is 24.3 Å². The molecule has 1 N–H and O–H groups in total. The highest BCUT2D eigenvalue weighted by Gasteiger charge is 2.30. The summed E-state index contributed by atoms with van der Waals surface area (Å²) in [4.78, 5) is 49.4. The largest absolute Gasteiger partial charge is 0.452 e. The van der Waals surface area contributed by atoms with Crippen molar-refractivity contribution in [3.63, 3.8) is 0 Å². The van der Waals surface area contributed by atoms with Gasteiger partial charge in [0.05, 0.1) is 5.56 Å². The fraction of sp³-hybridized carbons (Fsp3) is 0.0769. The number of hydrogen-bond donors (Lipinski definition) is 1. The highest BCUT2D eigenvalue weighted by Crippen LogP contribution is 2.30. The van der Waals surface area contributed by atoms with Crippen LogP contribution in [-0.4, -0.2) is 30.0 Å². The molecule has 1 aliphatic carbocycles. The second-order valence-electron chi connectivity index (χ2n) is 7.58. The molecule has 0 unspecified atom stereocenters. The van der Waals surface area contributed by atoms with E-state index in [1.165, 1.54) is 30.3 Å². The van der Waals surface area contributed by atoms with Gasteiger partial charge in [0.15, 0.2) is 18.2 Å². The van der Waals surface area contributed by atoms with Crippen molar-refractivity contribution in [2.45, 2.75) is 6.18 Å². The SMILES string of the molecule is O=C(COC(=O)/C=C/c1cccc(C(F)(F)F)c1)Nc1ccc2c(c1)C(=O)c1ccccc1C2=O. The van der Waals surface area contributed by atoms with Gasteiger partial charge in [0.25, 0.3) is 5.91 Å². The van der Waals surface area contributed by atoms with Gasteiger partial charge in [-0.3, -0.25) is 14.4 Å². The molecule has 0 spiro atoms. The summed E-state index contributed by atoms with van der Waals surface area (Å²) in [6, 6.07) is 15.1. The Balaban J connectivity index is 1.36. The van der Waals surface area contributed by atoms with E-state index in [0.29, 0.717) is 5.56 Å². The minimum Gasteiger partial charge on any atom is -0.452 e. The van der Waals surface area contributed by atoms with Crippen LogP contribution in [0, 0.1) is 0 Å². The number of ketones is 2. The molecule has 0 heterocycles. The Kier molecular flexibility index (Phi) is 6.33. The van der Waals surface area contributed by atoms with Crippen molar-refractivity contribution in [2.75, 3.05) is 11.9 Å². The molecule has 0 radical (unpaired) electrons. The van der Waals surface area contributed by atoms with Crippen LogP contribution in [0.3, 0.4) is 0 Å². The van der Waals surface area contributed by atoms with Gasteiger partial charge in [0.2, 0.25) is 0 Å². The Morgan fingerprint density at radius 1 is 0.829 bits per heavy atom. The van der Waals surface area contributed by atoms with E-state index in [2.05, 4.69) is 5.32 Å². The molecule has 9 heteroatoms. The van der Waals surface area contributed by atoms with E-state index in [4.69, 9.17) is 4.74 Å². The van der Waals surface area contributed by atoms with E-state index in [9.17, 15) is 32.3 Å². The normalized spacial score (nSPS) is 12.8. The molecular weight excluding hydrogens is 463 g/mol. The third kappa shape index (κ3) is 5.19. The lowest BCUT2D eigenvalue weighted by Crippen LogP contribution is -2.23. The summed E-state index contributed by atoms with van der Waals surface area (Å²) in [6.45, 7) is -0.668. The summed E-state index contributed by atoms with van der Waals surface area (Å²) < 4.78 is 43.1. The maximum atomic E-state index is 12.8. The molecule has 0 saturated carbocycles. The lowest BCUT2D eigenvalue weighted by Gasteiger charge is -2.18. The van der Waals surface area contributed by atoms with Crippen LogP contribution in [0.5, 0.6) is 0 Å². The Hall–Kier alpha value is -4.53. The zero-order chi connectivity index (χ0) is 25.2. The molecule has 3 aromatic carbocycles. The van der Waals surface area contributed by atoms with Crippen molar-refractivity contribution in [1.29, 1.82) is 0 Å². The number of amides is 1. The van der Waals surface area contributed by atoms with Crippen LogP contribution in [-0.2, 0) is 20.5 Å². The van der Waals surface area contributed by atoms with E-state index >= 15 is 0 Å². The van der Waals surface area contributed by atoms with E-state index < -0.39 is 30.2 Å². The first kappa shape index (κ1) is 23.6. The van der Waals surface area contributed by atoms with Crippen molar-refractivity contribution >= 4 is 35.2 Å². The fourth-order valence-corrected chi connectivity index (χ4v) is 3.54. The summed E-state index contributed by atoms with van der Waals surface area (Å²) in [5.41, 5.74) is 0.453. The van der Waals surface area contributed by atoms with Crippen LogP contribution in [0.25, 0.3) is 6.08 Å². The Morgan fingerprint density at radius 3 is 2.17 bits per heavy atom. The quantitative estimate of drug-likeness (QED) is 0.332. The summed E-state index contributed by atoms with van der Waals surface area (Å²) in [5.74, 6) is -2.28. The van der Waals surface area contributed by atoms with E-state index in [0.717, 1.165) is 24.3 Å². The maximum Gasteiger partial charge on any atom is 0.416 e. The Morgan fingerprint density at radius 2 is 1.49 bits per heavy atom. The lowest BCUT2D eigenvalue weighted by atomic mass is 9.84. The number of carbonyl (C=O) groups excluding carboxylic acids is 4. The number of alkyl halides is 3. The van der Waals surface area contributed by atoms with Crippen LogP contribution < -0.4 is 5.32 Å². The molecule has 0 aliphatic heterocycles. The number of fused-ring (bicyclic) bond motifs is 2. The first-order chi connectivity index (χ1) is 16.6. The standard InChI is InChI=1S/C26H16F3NO5/c27-26(28,29)16-5-3-4-15(12-16)8-11-23(32)35-14-22(31)30-17-9-10-20-21(13-17)25(34)19-7-2-1-6-18(19)24(20)33/h1-13H,14H2,(H,30,31)/b11-8+. The second-order valence-corrected chi connectivity index (χ2v) is 7.58. The molecule has 35 heavy (non-hydrogen) atoms. The number of esters is 1. The number of carbonyl (C=O) groups is 4. The zero-order valence-corrected chi connectivity index (χ0v) is 17.9. The Bertz CT molecular complexity index is 1390. The van der Waals surface area contributed by atoms with Gasteiger partial charge in [-0.2, -0.15) is 13.2 Å². The molecular formula is C26H16F3NO5. The molecule has 3 aromatic rings. The maximum absolute atomic E-state index is 12.8. The summed E-state index contributed by atoms with van der Waals surface area (Å²) in [6.07, 6.45) is -2.47. The molecule has 1 aliphatic rings. The minimum atomic E-state index is -4.51. The van der Waals surface area contributed by atoms with Crippen molar-refractivity contribution < 1.29 is 37.1 Å². The molecule has 0 aromatic heterocycles. The number of halogens is 3. The molecule has 0 saturated heterocycles. The molecule has 0 atom stereocenters. The van der Waals surface area contributed by atoms with Crippen LogP contribution in [0.1, 0.15) is 43.0 Å². The van der Waals surface area contributed by atoms with Crippen molar-refractivity contribution in [3.8, 4) is 0 Å². The smallest absolute Gasteiger partial charge is 0.416 e. The van der Waals surface area contributed by atoms with Gasteiger partial charge in [-0.1, -0.05) is 36.4 Å². The number of ether oxygens (including phenoxy) is 1. The number of hydrogen-bond acceptors (Lipinski definition) is 5. The van der Waals surface area contributed by atoms with Gasteiger partial charge in [-0.15, -0.1) is 0 Å². The molecule has 6 nitrogen and oxygen atoms in total. The first-order valence-electron chi connectivity index (χ1n) is 10.3. The van der Waals surface area contributed by atoms with Crippen LogP contribution in [0.4, 0.5) is 18.9 Å². The van der Waals surface area contributed by atoms with Gasteiger partial charge < -0.3 is 10.1 Å². The third-order valence-corrected chi connectivity index (χ3v) is 5.18. The van der Waals surface area contributed by atoms with Crippen LogP contribution >= 0.6 is 0 Å². The van der Waals surface area contributed by atoms with Gasteiger partial charge in [-0.05, 0) is 42.0 Å². The summed E-state index contributed by atoms with van der Waals surface area (Å²) >= 11 is 0. The number of anilines is 1. The van der Waals surface area contributed by atoms with Gasteiger partial charge >= 0.3 is 12.1 Å². The molecule has 0 bridgehead atoms. The number of benzene rings is 3. The van der Waals surface area contributed by atoms with Crippen molar-refractivity contribution in [3.05, 3.63) is 106 Å². The lowest BCUT2D eigenvalue weighted by molar-refractivity contribution is -0.142. The average Bonchev–Trinajstić information content (AvgIpc) is 2.84. The van der Waals surface area contributed by atoms with Crippen molar-refractivity contribution in [2.24, 2.45) is 0 Å². The highest BCUT2D eigenvalue weighted by atomic mass is 19.4. The Labute approximate surface area is 197 Å². The van der Waals surface area contributed by atoms with Gasteiger partial charge in [0, 0.05) is 34.0 Å². The minimum absolute atomic E-state index is 0.135. The molecule has 1 amide bonds. The molecule has 0 fully saturated rings. The second kappa shape index (κ2) is 9.38. The third-order valence-electron chi connectivity index (χ3n) is 5.18. The number of nitrogens with one attached hydrogen (secondary N) is 1. The predicted molar refractivity (Wildman–Crippen MR) is 120 cm³/mol. The topological polar surface area (TPSA) is 89.5 Å². The fourth-order valence-electron chi connectivity index (χ4n) is 3.54. The average molecular weight is 479 g/mol. The monoisotopic (exact) mass is 479 g/mol. The summed E-state index contributed by atoms with van der Waals surface area (Å²) in [5, 5.41) is 2.48. The predicted octanol–water partition coefficient (Wildman–Crippen LogP) is 4.68. The first-order valence-corrected chi connectivity index (χ1v) is 10.3. The zero-order valence-electron chi connectivity index (χ0n) is 17.9. The summed E-state index contributed by atoms with van der Waals surface area (Å²) in [7, 11) is 0. The number of rotatable bonds is 5. The molecule has 176 valence electrons. The van der Waals surface area contributed by atoms with Crippen molar-refractivity contribution in [1.82, 2.24) is 0 Å². The van der Waals surface area contributed by atoms with Gasteiger partial charge in [0.1, 0.15) is 0 Å². The van der Waals surface area contributed by atoms with E-state index in [1.807, 2.05) is 0 Å². The highest BCUT2D eigenvalue weighted by molar-refractivity contribution is 6.28. The van der Waals surface area contributed by atoms with E-state index in [-0.39, 0.29) is 39.5 Å².